The minimum absolute atomic E-state index is 0. The molecule has 6 nitrogen and oxygen atoms in total. The van der Waals surface area contributed by atoms with Gasteiger partial charge in [-0.1, -0.05) is 29.7 Å². The van der Waals surface area contributed by atoms with Crippen molar-refractivity contribution in [3.8, 4) is 0 Å². The Hall–Kier alpha value is 1.82. The van der Waals surface area contributed by atoms with Crippen molar-refractivity contribution in [2.45, 2.75) is 54.1 Å². The topological polar surface area (TPSA) is 88.4 Å². The zero-order valence-corrected chi connectivity index (χ0v) is 22.7. The van der Waals surface area contributed by atoms with Crippen LogP contribution in [0.1, 0.15) is 33.8 Å². The number of aliphatic hydroxyl groups excluding tert-OH is 3. The largest absolute Gasteiger partial charge is 2.00 e. The number of hydrogen-bond donors (Lipinski definition) is 3. The molecule has 28 heavy (non-hydrogen) atoms. The summed E-state index contributed by atoms with van der Waals surface area (Å²) in [4.78, 5) is 0. The van der Waals surface area contributed by atoms with Gasteiger partial charge in [-0.25, -0.2) is 4.11 Å². The summed E-state index contributed by atoms with van der Waals surface area (Å²) in [5.74, 6) is 0. The van der Waals surface area contributed by atoms with E-state index in [2.05, 4.69) is 43.0 Å². The molecular weight excluding hydrogens is 876 g/mol. The first-order valence-corrected chi connectivity index (χ1v) is 5.72. The van der Waals surface area contributed by atoms with Crippen LogP contribution in [-0.2, 0) is 77.4 Å². The van der Waals surface area contributed by atoms with Gasteiger partial charge in [0.15, 0.2) is 0 Å². The third-order valence-corrected chi connectivity index (χ3v) is 1.75. The van der Waals surface area contributed by atoms with Gasteiger partial charge in [0.25, 0.3) is 0 Å². The quantitative estimate of drug-likeness (QED) is 0.277. The number of rotatable bonds is 11. The summed E-state index contributed by atoms with van der Waals surface area (Å²) in [5.41, 5.74) is 0. The molecule has 0 bridgehead atoms. The second-order valence-corrected chi connectivity index (χ2v) is 3.99. The fourth-order valence-corrected chi connectivity index (χ4v) is 1.06. The zero-order valence-electron chi connectivity index (χ0n) is 16.9. The average molecular weight is 930 g/mol. The smallest absolute Gasteiger partial charge is 0.423 e. The Morgan fingerprint density at radius 1 is 0.607 bits per heavy atom. The van der Waals surface area contributed by atoms with Gasteiger partial charge in [-0.05, 0) is 18.3 Å². The van der Waals surface area contributed by atoms with Gasteiger partial charge in [0.2, 0.25) is 0 Å². The Morgan fingerprint density at radius 2 is 0.857 bits per heavy atom. The van der Waals surface area contributed by atoms with E-state index in [0.29, 0.717) is 0 Å². The Bertz CT molecular complexity index is 201. The molecule has 0 aromatic carbocycles. The van der Waals surface area contributed by atoms with E-state index in [4.69, 9.17) is 33.6 Å². The second-order valence-electron chi connectivity index (χ2n) is 3.99. The van der Waals surface area contributed by atoms with Gasteiger partial charge in [0.05, 0.1) is 13.2 Å². The molecule has 3 N–H and O–H groups in total. The zero-order chi connectivity index (χ0) is 20.0. The first-order valence-electron chi connectivity index (χ1n) is 7.84. The molecule has 0 aromatic rings. The summed E-state index contributed by atoms with van der Waals surface area (Å²) < 4.78 is 32.1. The van der Waals surface area contributed by atoms with Gasteiger partial charge in [-0.3, -0.25) is 0 Å². The summed E-state index contributed by atoms with van der Waals surface area (Å²) in [6, 6.07) is 0. The maximum Gasteiger partial charge on any atom is 2.00 e. The predicted octanol–water partition coefficient (Wildman–Crippen LogP) is 2.88. The van der Waals surface area contributed by atoms with Gasteiger partial charge >= 0.3 is 63.2 Å². The van der Waals surface area contributed by atoms with Crippen molar-refractivity contribution in [3.05, 3.63) is 43.0 Å². The standard InChI is InChI=1S/C12H23O6.4CH4.3CH3.3W/c1-9(13)4-16-7-12(18-6-11(3)15)8-17-5-10(2)14;;;;;;;;;;/h9-15H,1-8H2;4*1H4;3*1H3;;;/q-3;;;;;3*-1;3*+2/i;;;;;3*1T;;;. The van der Waals surface area contributed by atoms with Crippen LogP contribution in [0.25, 0.3) is 0 Å². The Balaban J connectivity index is -0.0000000314. The Morgan fingerprint density at radius 3 is 1.07 bits per heavy atom. The molecule has 0 aliphatic rings. The normalized spacial score (nSPS) is 12.5. The monoisotopic (exact) mass is 930 g/mol. The minimum Gasteiger partial charge on any atom is -0.423 e. The maximum atomic E-state index is 9.01. The minimum atomic E-state index is -0.829. The maximum absolute atomic E-state index is 9.01. The summed E-state index contributed by atoms with van der Waals surface area (Å²) in [6.45, 7) is 10.7. The van der Waals surface area contributed by atoms with Gasteiger partial charge in [-0.2, -0.15) is 0 Å². The molecule has 3 unspecified atom stereocenters. The first kappa shape index (κ1) is 52.0. The second kappa shape index (κ2) is 46.9. The summed E-state index contributed by atoms with van der Waals surface area (Å²) in [5, 5.41) is 26.9. The van der Waals surface area contributed by atoms with Crippen LogP contribution in [0.3, 0.4) is 0 Å². The molecule has 3 atom stereocenters. The molecule has 0 rings (SSSR count). The third-order valence-electron chi connectivity index (χ3n) is 1.75. The van der Waals surface area contributed by atoms with Crippen molar-refractivity contribution in [1.29, 1.82) is 0 Å². The molecule has 0 saturated carbocycles. The van der Waals surface area contributed by atoms with Crippen LogP contribution in [0.15, 0.2) is 0 Å². The molecule has 0 heterocycles. The number of hydrogen-bond acceptors (Lipinski definition) is 6. The molecule has 0 fully saturated rings. The van der Waals surface area contributed by atoms with Crippen molar-refractivity contribution in [2.75, 3.05) is 33.0 Å². The van der Waals surface area contributed by atoms with E-state index < -0.39 is 24.4 Å². The van der Waals surface area contributed by atoms with Crippen LogP contribution >= 0.6 is 0 Å². The summed E-state index contributed by atoms with van der Waals surface area (Å²) in [6.07, 6.45) is -2.85. The van der Waals surface area contributed by atoms with Crippen molar-refractivity contribution in [2.24, 2.45) is 0 Å². The number of ether oxygens (including phenoxy) is 3. The van der Waals surface area contributed by atoms with Crippen LogP contribution in [0.5, 0.6) is 0 Å². The van der Waals surface area contributed by atoms with E-state index in [9.17, 15) is 0 Å². The molecule has 0 aliphatic heterocycles. The summed E-state index contributed by atoms with van der Waals surface area (Å²) >= 11 is 0. The molecule has 0 spiro atoms. The van der Waals surface area contributed by atoms with Gasteiger partial charge in [0, 0.05) is 19.8 Å². The van der Waals surface area contributed by atoms with Gasteiger partial charge in [0.1, 0.15) is 6.10 Å². The van der Waals surface area contributed by atoms with E-state index in [1.165, 1.54) is 0 Å². The molecule has 178 valence electrons. The molecule has 0 saturated heterocycles. The Labute approximate surface area is 225 Å². The predicted molar refractivity (Wildman–Crippen MR) is 112 cm³/mol. The van der Waals surface area contributed by atoms with Crippen molar-refractivity contribution >= 4 is 0 Å². The van der Waals surface area contributed by atoms with Gasteiger partial charge < -0.3 is 72.5 Å². The molecule has 0 radical (unpaired) electrons. The fourth-order valence-electron chi connectivity index (χ4n) is 1.06. The molecule has 0 aromatic heterocycles. The number of aliphatic hydroxyl groups is 3. The first-order chi connectivity index (χ1) is 11.4. The van der Waals surface area contributed by atoms with E-state index in [1.807, 2.05) is 0 Å². The van der Waals surface area contributed by atoms with E-state index in [-0.39, 0.29) is 126 Å². The van der Waals surface area contributed by atoms with Gasteiger partial charge in [-0.15, -0.1) is 0 Å². The van der Waals surface area contributed by atoms with Crippen molar-refractivity contribution < 1.29 is 96.8 Å². The Kier molecular flexibility index (Phi) is 87.1. The SMILES string of the molecule is C.C.C.C.[3H][CH2-].[3H][CH2-].[3H][CH2-].[CH2-]C(O)COCC(COCC([CH2-])O)OCC([CH2-])O.[W+2].[W+2].[W+2]. The average Bonchev–Trinajstić information content (AvgIpc) is 2.57. The van der Waals surface area contributed by atoms with Crippen LogP contribution in [0.4, 0.5) is 0 Å². The van der Waals surface area contributed by atoms with Crippen molar-refractivity contribution in [1.82, 2.24) is 0 Å². The molecule has 0 amide bonds. The fraction of sp³-hybridized carbons (Fsp3) is 0.684. The van der Waals surface area contributed by atoms with E-state index >= 15 is 0 Å². The molecular formula is C19H48O6W3. The third kappa shape index (κ3) is 56.5. The summed E-state index contributed by atoms with van der Waals surface area (Å²) in [7, 11) is 7.50. The van der Waals surface area contributed by atoms with E-state index in [1.54, 1.807) is 0 Å². The van der Waals surface area contributed by atoms with Crippen molar-refractivity contribution in [3.63, 3.8) is 0 Å². The molecule has 0 aliphatic carbocycles. The van der Waals surface area contributed by atoms with Crippen LogP contribution in [-0.4, -0.2) is 72.8 Å². The van der Waals surface area contributed by atoms with E-state index in [0.717, 1.165) is 0 Å². The van der Waals surface area contributed by atoms with Crippen LogP contribution in [0.2, 0.25) is 0 Å². The van der Waals surface area contributed by atoms with Crippen LogP contribution < -0.4 is 0 Å². The molecule has 9 heteroatoms. The van der Waals surface area contributed by atoms with Crippen LogP contribution in [0, 0.1) is 43.0 Å².